The van der Waals surface area contributed by atoms with Crippen molar-refractivity contribution in [1.29, 1.82) is 0 Å². The molecule has 0 aromatic carbocycles. The average molecular weight is 272 g/mol. The summed E-state index contributed by atoms with van der Waals surface area (Å²) in [5, 5.41) is 0. The van der Waals surface area contributed by atoms with Crippen LogP contribution in [0, 0.1) is 0 Å². The molecule has 0 bridgehead atoms. The van der Waals surface area contributed by atoms with Gasteiger partial charge >= 0.3 is 0 Å². The van der Waals surface area contributed by atoms with Crippen molar-refractivity contribution in [1.82, 2.24) is 14.9 Å². The van der Waals surface area contributed by atoms with E-state index in [1.807, 2.05) is 12.4 Å². The predicted octanol–water partition coefficient (Wildman–Crippen LogP) is 2.61. The molecule has 2 unspecified atom stereocenters. The Labute approximate surface area is 120 Å². The Morgan fingerprint density at radius 1 is 1.05 bits per heavy atom. The fourth-order valence-corrected chi connectivity index (χ4v) is 3.22. The van der Waals surface area contributed by atoms with Gasteiger partial charge < -0.3 is 15.7 Å². The van der Waals surface area contributed by atoms with Gasteiger partial charge in [-0.25, -0.2) is 0 Å². The zero-order chi connectivity index (χ0) is 13.8. The number of rotatable bonds is 5. The molecule has 0 spiro atoms. The van der Waals surface area contributed by atoms with E-state index in [2.05, 4.69) is 39.1 Å². The molecule has 1 fully saturated rings. The van der Waals surface area contributed by atoms with Crippen LogP contribution in [0.2, 0.25) is 0 Å². The Balaban J connectivity index is 1.71. The van der Waals surface area contributed by atoms with Gasteiger partial charge in [-0.3, -0.25) is 4.90 Å². The van der Waals surface area contributed by atoms with Crippen molar-refractivity contribution in [2.75, 3.05) is 0 Å². The number of hydrogen-bond acceptors (Lipinski definition) is 2. The first-order chi connectivity index (χ1) is 9.81. The normalized spacial score (nSPS) is 23.3. The standard InChI is InChI=1S/C16H24N4/c17-13-4-1-7-16(10-13)20(11-14-5-2-8-18-14)12-15-6-3-9-19-15/h2-3,5-6,8-9,13,16,18-19H,1,4,7,10-12,17H2. The molecule has 0 amide bonds. The molecular formula is C16H24N4. The third kappa shape index (κ3) is 3.32. The smallest absolute Gasteiger partial charge is 0.0392 e. The summed E-state index contributed by atoms with van der Waals surface area (Å²) in [6.07, 6.45) is 8.78. The van der Waals surface area contributed by atoms with Crippen molar-refractivity contribution in [3.05, 3.63) is 48.0 Å². The minimum absolute atomic E-state index is 0.364. The van der Waals surface area contributed by atoms with E-state index in [9.17, 15) is 0 Å². The first-order valence-corrected chi connectivity index (χ1v) is 7.55. The van der Waals surface area contributed by atoms with Gasteiger partial charge in [0, 0.05) is 49.0 Å². The SMILES string of the molecule is NC1CCCC(N(Cc2ccc[nH]2)Cc2ccc[nH]2)C1. The van der Waals surface area contributed by atoms with Crippen LogP contribution in [0.3, 0.4) is 0 Å². The van der Waals surface area contributed by atoms with Gasteiger partial charge in [-0.1, -0.05) is 6.42 Å². The lowest BCUT2D eigenvalue weighted by Crippen LogP contribution is -2.42. The predicted molar refractivity (Wildman–Crippen MR) is 81.1 cm³/mol. The molecule has 4 nitrogen and oxygen atoms in total. The molecule has 2 aromatic heterocycles. The number of nitrogens with two attached hydrogens (primary N) is 1. The van der Waals surface area contributed by atoms with E-state index >= 15 is 0 Å². The zero-order valence-electron chi connectivity index (χ0n) is 11.9. The van der Waals surface area contributed by atoms with Gasteiger partial charge in [0.25, 0.3) is 0 Å². The second-order valence-corrected chi connectivity index (χ2v) is 5.88. The van der Waals surface area contributed by atoms with Gasteiger partial charge in [-0.15, -0.1) is 0 Å². The van der Waals surface area contributed by atoms with Gasteiger partial charge in [0.15, 0.2) is 0 Å². The molecule has 0 aliphatic heterocycles. The molecule has 1 aliphatic carbocycles. The van der Waals surface area contributed by atoms with Crippen molar-refractivity contribution in [3.8, 4) is 0 Å². The molecule has 108 valence electrons. The molecule has 4 heteroatoms. The monoisotopic (exact) mass is 272 g/mol. The fraction of sp³-hybridized carbons (Fsp3) is 0.500. The topological polar surface area (TPSA) is 60.8 Å². The van der Waals surface area contributed by atoms with E-state index in [0.29, 0.717) is 12.1 Å². The molecular weight excluding hydrogens is 248 g/mol. The summed E-state index contributed by atoms with van der Waals surface area (Å²) < 4.78 is 0. The Bertz CT molecular complexity index is 452. The lowest BCUT2D eigenvalue weighted by molar-refractivity contribution is 0.129. The van der Waals surface area contributed by atoms with E-state index in [0.717, 1.165) is 19.5 Å². The van der Waals surface area contributed by atoms with Crippen LogP contribution in [-0.4, -0.2) is 27.0 Å². The zero-order valence-corrected chi connectivity index (χ0v) is 11.9. The number of aromatic nitrogens is 2. The lowest BCUT2D eigenvalue weighted by atomic mass is 9.90. The third-order valence-corrected chi connectivity index (χ3v) is 4.28. The van der Waals surface area contributed by atoms with Gasteiger partial charge in [0.05, 0.1) is 0 Å². The molecule has 4 N–H and O–H groups in total. The number of aromatic amines is 2. The largest absolute Gasteiger partial charge is 0.364 e. The highest BCUT2D eigenvalue weighted by Crippen LogP contribution is 2.24. The van der Waals surface area contributed by atoms with Crippen LogP contribution in [0.25, 0.3) is 0 Å². The summed E-state index contributed by atoms with van der Waals surface area (Å²) in [5.74, 6) is 0. The summed E-state index contributed by atoms with van der Waals surface area (Å²) in [5.41, 5.74) is 8.72. The number of hydrogen-bond donors (Lipinski definition) is 3. The Morgan fingerprint density at radius 2 is 1.70 bits per heavy atom. The highest BCUT2D eigenvalue weighted by Gasteiger charge is 2.25. The van der Waals surface area contributed by atoms with Crippen LogP contribution in [0.4, 0.5) is 0 Å². The van der Waals surface area contributed by atoms with E-state index < -0.39 is 0 Å². The Kier molecular flexibility index (Phi) is 4.23. The molecule has 2 heterocycles. The highest BCUT2D eigenvalue weighted by molar-refractivity contribution is 5.07. The Morgan fingerprint density at radius 3 is 2.20 bits per heavy atom. The van der Waals surface area contributed by atoms with Gasteiger partial charge in [0.1, 0.15) is 0 Å². The highest BCUT2D eigenvalue weighted by atomic mass is 15.2. The van der Waals surface area contributed by atoms with Crippen molar-refractivity contribution >= 4 is 0 Å². The third-order valence-electron chi connectivity index (χ3n) is 4.28. The maximum atomic E-state index is 6.17. The summed E-state index contributed by atoms with van der Waals surface area (Å²) >= 11 is 0. The van der Waals surface area contributed by atoms with E-state index in [-0.39, 0.29) is 0 Å². The van der Waals surface area contributed by atoms with Crippen LogP contribution >= 0.6 is 0 Å². The fourth-order valence-electron chi connectivity index (χ4n) is 3.22. The summed E-state index contributed by atoms with van der Waals surface area (Å²) in [6, 6.07) is 9.40. The summed E-state index contributed by atoms with van der Waals surface area (Å²) in [6.45, 7) is 1.92. The number of nitrogens with zero attached hydrogens (tertiary/aromatic N) is 1. The average Bonchev–Trinajstić information content (AvgIpc) is 3.11. The molecule has 1 aliphatic rings. The van der Waals surface area contributed by atoms with Crippen LogP contribution in [0.5, 0.6) is 0 Å². The van der Waals surface area contributed by atoms with Crippen LogP contribution in [0.1, 0.15) is 37.1 Å². The second kappa shape index (κ2) is 6.29. The Hall–Kier alpha value is -1.52. The minimum atomic E-state index is 0.364. The van der Waals surface area contributed by atoms with Crippen LogP contribution in [0.15, 0.2) is 36.7 Å². The maximum absolute atomic E-state index is 6.17. The first kappa shape index (κ1) is 13.5. The molecule has 2 atom stereocenters. The second-order valence-electron chi connectivity index (χ2n) is 5.88. The lowest BCUT2D eigenvalue weighted by Gasteiger charge is -2.36. The minimum Gasteiger partial charge on any atom is -0.364 e. The van der Waals surface area contributed by atoms with Gasteiger partial charge in [-0.05, 0) is 43.5 Å². The van der Waals surface area contributed by atoms with E-state index in [1.165, 1.54) is 30.7 Å². The summed E-state index contributed by atoms with van der Waals surface area (Å²) in [7, 11) is 0. The molecule has 1 saturated carbocycles. The number of H-pyrrole nitrogens is 2. The van der Waals surface area contributed by atoms with Gasteiger partial charge in [-0.2, -0.15) is 0 Å². The molecule has 3 rings (SSSR count). The van der Waals surface area contributed by atoms with Crippen molar-refractivity contribution < 1.29 is 0 Å². The van der Waals surface area contributed by atoms with Gasteiger partial charge in [0.2, 0.25) is 0 Å². The molecule has 0 radical (unpaired) electrons. The summed E-state index contributed by atoms with van der Waals surface area (Å²) in [4.78, 5) is 9.18. The molecule has 0 saturated heterocycles. The first-order valence-electron chi connectivity index (χ1n) is 7.55. The quantitative estimate of drug-likeness (QED) is 0.783. The maximum Gasteiger partial charge on any atom is 0.0392 e. The number of nitrogens with one attached hydrogen (secondary N) is 2. The van der Waals surface area contributed by atoms with Crippen LogP contribution in [-0.2, 0) is 13.1 Å². The van der Waals surface area contributed by atoms with E-state index in [1.54, 1.807) is 0 Å². The van der Waals surface area contributed by atoms with E-state index in [4.69, 9.17) is 5.73 Å². The van der Waals surface area contributed by atoms with Crippen molar-refractivity contribution in [2.24, 2.45) is 5.73 Å². The van der Waals surface area contributed by atoms with Crippen molar-refractivity contribution in [3.63, 3.8) is 0 Å². The molecule has 2 aromatic rings. The molecule has 20 heavy (non-hydrogen) atoms. The van der Waals surface area contributed by atoms with Crippen LogP contribution < -0.4 is 5.73 Å². The van der Waals surface area contributed by atoms with Crippen molar-refractivity contribution in [2.45, 2.75) is 50.9 Å².